The van der Waals surface area contributed by atoms with Gasteiger partial charge in [-0.2, -0.15) is 5.56 Å². The van der Waals surface area contributed by atoms with E-state index in [1.54, 1.807) is 0 Å². The Morgan fingerprint density at radius 1 is 0.821 bits per heavy atom. The van der Waals surface area contributed by atoms with Crippen molar-refractivity contribution in [3.05, 3.63) is 86.3 Å². The number of halogens is 2. The Morgan fingerprint density at radius 2 is 1.36 bits per heavy atom. The summed E-state index contributed by atoms with van der Waals surface area (Å²) < 4.78 is 0. The van der Waals surface area contributed by atoms with E-state index in [1.807, 2.05) is 20.8 Å². The molecule has 0 heterocycles. The quantitative estimate of drug-likeness (QED) is 0.266. The minimum atomic E-state index is -0.250. The van der Waals surface area contributed by atoms with E-state index in [2.05, 4.69) is 60.7 Å². The molecule has 4 rings (SSSR count). The molecule has 5 heteroatoms. The minimum Gasteiger partial charge on any atom is -1.00 e. The molecule has 0 bridgehead atoms. The van der Waals surface area contributed by atoms with Crippen LogP contribution in [-0.2, 0) is 28.1 Å². The monoisotopic (exact) mass is 463 g/mol. The Kier molecular flexibility index (Phi) is 17.9. The summed E-state index contributed by atoms with van der Waals surface area (Å²) in [5.41, 5.74) is 9.44. The van der Waals surface area contributed by atoms with Crippen LogP contribution in [0, 0.1) is 20.9 Å². The third kappa shape index (κ3) is 8.41. The molecule has 3 aromatic rings. The van der Waals surface area contributed by atoms with Crippen molar-refractivity contribution in [3.63, 3.8) is 0 Å². The van der Waals surface area contributed by atoms with Crippen LogP contribution < -0.4 is 24.8 Å². The van der Waals surface area contributed by atoms with E-state index in [9.17, 15) is 0 Å². The molecule has 1 aliphatic rings. The van der Waals surface area contributed by atoms with Crippen LogP contribution >= 0.6 is 0 Å². The van der Waals surface area contributed by atoms with Crippen LogP contribution in [0.25, 0.3) is 33.4 Å². The topological polar surface area (TPSA) is 23.8 Å². The number of benzene rings is 3. The first kappa shape index (κ1) is 34.9. The van der Waals surface area contributed by atoms with Crippen molar-refractivity contribution in [3.8, 4) is 0 Å². The van der Waals surface area contributed by atoms with Gasteiger partial charge in [0, 0.05) is 11.0 Å². The fraction of sp³-hybridized carbons (Fsp3) is 0.217. The zero-order chi connectivity index (χ0) is 15.7. The maximum Gasteiger partial charge on any atom is 2.00 e. The van der Waals surface area contributed by atoms with Crippen LogP contribution in [0.3, 0.4) is 0 Å². The Morgan fingerprint density at radius 3 is 1.96 bits per heavy atom. The van der Waals surface area contributed by atoms with Crippen molar-refractivity contribution in [2.45, 2.75) is 32.7 Å². The first-order chi connectivity index (χ1) is 10.4. The SMILES string of the molecule is CC(C)(C)[NH-].[C-]1=Cc2c(ccc3c2ccc2ccccc23)C1.[CH3-].[CH3-].[Cl-].[Cl-].[Si].[Ti+2]. The van der Waals surface area contributed by atoms with E-state index in [4.69, 9.17) is 5.73 Å². The summed E-state index contributed by atoms with van der Waals surface area (Å²) >= 11 is 0. The molecule has 0 saturated carbocycles. The maximum absolute atomic E-state index is 6.94. The molecule has 150 valence electrons. The molecule has 0 unspecified atom stereocenters. The van der Waals surface area contributed by atoms with Gasteiger partial charge < -0.3 is 45.4 Å². The van der Waals surface area contributed by atoms with Gasteiger partial charge in [0.2, 0.25) is 0 Å². The molecular weight excluding hydrogens is 437 g/mol. The fourth-order valence-corrected chi connectivity index (χ4v) is 2.74. The Labute approximate surface area is 203 Å². The molecule has 0 amide bonds. The number of allylic oxidation sites excluding steroid dienone is 1. The molecule has 0 fully saturated rings. The molecule has 1 aliphatic carbocycles. The predicted octanol–water partition coefficient (Wildman–Crippen LogP) is 0.728. The number of rotatable bonds is 0. The molecule has 0 atom stereocenters. The summed E-state index contributed by atoms with van der Waals surface area (Å²) in [7, 11) is 0. The first-order valence-electron chi connectivity index (χ1n) is 7.68. The van der Waals surface area contributed by atoms with Gasteiger partial charge in [-0.15, -0.1) is 17.5 Å². The molecular formula is C23H27Cl2NSiTi-4. The van der Waals surface area contributed by atoms with Crippen LogP contribution in [0.1, 0.15) is 31.9 Å². The van der Waals surface area contributed by atoms with Gasteiger partial charge in [0.05, 0.1) is 0 Å². The second-order valence-electron chi connectivity index (χ2n) is 6.80. The standard InChI is InChI=1S/C17H11.C4H10N.2CH3.2ClH.Si.Ti/c1-2-6-14-12(4-1)8-10-17-15-7-3-5-13(15)9-11-16(14)17;1-4(2,3)5;;;;;;/h1-2,4,6-11H,5H2;5H,1-3H3;2*1H3;2*1H;;/q4*-1;;;;+2/p-2. The number of nitrogens with one attached hydrogen (secondary N) is 1. The number of hydrogen-bond acceptors (Lipinski definition) is 0. The van der Waals surface area contributed by atoms with Gasteiger partial charge in [0.1, 0.15) is 0 Å². The second kappa shape index (κ2) is 14.4. The second-order valence-corrected chi connectivity index (χ2v) is 6.80. The molecule has 0 saturated heterocycles. The average Bonchev–Trinajstić information content (AvgIpc) is 2.93. The van der Waals surface area contributed by atoms with Crippen LogP contribution in [0.4, 0.5) is 0 Å². The van der Waals surface area contributed by atoms with Gasteiger partial charge in [-0.25, -0.2) is 6.08 Å². The third-order valence-corrected chi connectivity index (χ3v) is 3.60. The van der Waals surface area contributed by atoms with Crippen LogP contribution in [0.5, 0.6) is 0 Å². The van der Waals surface area contributed by atoms with Gasteiger partial charge in [0.15, 0.2) is 0 Å². The van der Waals surface area contributed by atoms with E-state index < -0.39 is 0 Å². The first-order valence-corrected chi connectivity index (χ1v) is 7.68. The van der Waals surface area contributed by atoms with Gasteiger partial charge in [-0.3, -0.25) is 6.08 Å². The number of hydrogen-bond donors (Lipinski definition) is 0. The van der Waals surface area contributed by atoms with Crippen molar-refractivity contribution in [1.82, 2.24) is 0 Å². The summed E-state index contributed by atoms with van der Waals surface area (Å²) in [6, 6.07) is 17.5. The molecule has 0 aromatic heterocycles. The number of fused-ring (bicyclic) bond motifs is 5. The average molecular weight is 464 g/mol. The van der Waals surface area contributed by atoms with E-state index in [0.29, 0.717) is 0 Å². The van der Waals surface area contributed by atoms with Gasteiger partial charge in [0.25, 0.3) is 0 Å². The Hall–Kier alpha value is -0.609. The zero-order valence-corrected chi connectivity index (χ0v) is 21.2. The van der Waals surface area contributed by atoms with Gasteiger partial charge in [-0.1, -0.05) is 74.7 Å². The van der Waals surface area contributed by atoms with Crippen molar-refractivity contribution >= 4 is 38.6 Å². The van der Waals surface area contributed by atoms with Crippen molar-refractivity contribution in [2.24, 2.45) is 0 Å². The van der Waals surface area contributed by atoms with Crippen molar-refractivity contribution < 1.29 is 46.5 Å². The summed E-state index contributed by atoms with van der Waals surface area (Å²) in [5.74, 6) is 0. The van der Waals surface area contributed by atoms with E-state index >= 15 is 0 Å². The summed E-state index contributed by atoms with van der Waals surface area (Å²) in [6.45, 7) is 5.56. The molecule has 28 heavy (non-hydrogen) atoms. The van der Waals surface area contributed by atoms with E-state index in [-0.39, 0.29) is 77.9 Å². The van der Waals surface area contributed by atoms with Gasteiger partial charge >= 0.3 is 21.7 Å². The van der Waals surface area contributed by atoms with Crippen molar-refractivity contribution in [2.75, 3.05) is 0 Å². The predicted molar refractivity (Wildman–Crippen MR) is 116 cm³/mol. The third-order valence-electron chi connectivity index (χ3n) is 3.60. The smallest absolute Gasteiger partial charge is 1.00 e. The maximum atomic E-state index is 6.94. The van der Waals surface area contributed by atoms with Crippen molar-refractivity contribution in [1.29, 1.82) is 0 Å². The van der Waals surface area contributed by atoms with Gasteiger partial charge in [-0.05, 0) is 16.2 Å². The normalized spacial score (nSPS) is 10.3. The van der Waals surface area contributed by atoms with Crippen LogP contribution in [0.2, 0.25) is 0 Å². The molecule has 3 aromatic carbocycles. The molecule has 1 nitrogen and oxygen atoms in total. The van der Waals surface area contributed by atoms with E-state index in [1.165, 1.54) is 32.7 Å². The summed E-state index contributed by atoms with van der Waals surface area (Å²) in [4.78, 5) is 0. The van der Waals surface area contributed by atoms with Crippen LogP contribution in [-0.4, -0.2) is 16.5 Å². The molecule has 1 N–H and O–H groups in total. The molecule has 4 radical (unpaired) electrons. The van der Waals surface area contributed by atoms with E-state index in [0.717, 1.165) is 6.42 Å². The van der Waals surface area contributed by atoms with Crippen LogP contribution in [0.15, 0.2) is 48.5 Å². The summed E-state index contributed by atoms with van der Waals surface area (Å²) in [6.07, 6.45) is 6.39. The minimum absolute atomic E-state index is 0. The molecule has 0 spiro atoms. The Balaban J connectivity index is -0.000000239. The zero-order valence-electron chi connectivity index (χ0n) is 17.2. The fourth-order valence-electron chi connectivity index (χ4n) is 2.74. The Bertz CT molecular complexity index is 867. The largest absolute Gasteiger partial charge is 2.00 e. The summed E-state index contributed by atoms with van der Waals surface area (Å²) in [5, 5.41) is 5.35. The molecule has 0 aliphatic heterocycles.